The molecule has 1 heterocycles. The lowest BCUT2D eigenvalue weighted by molar-refractivity contribution is -0.133. The summed E-state index contributed by atoms with van der Waals surface area (Å²) < 4.78 is 0. The lowest BCUT2D eigenvalue weighted by atomic mass is 9.86. The number of benzene rings is 2. The van der Waals surface area contributed by atoms with E-state index in [-0.39, 0.29) is 22.6 Å². The zero-order valence-electron chi connectivity index (χ0n) is 16.2. The monoisotopic (exact) mass is 367 g/mol. The van der Waals surface area contributed by atoms with Gasteiger partial charge >= 0.3 is 0 Å². The third-order valence-corrected chi connectivity index (χ3v) is 6.40. The van der Waals surface area contributed by atoms with Crippen LogP contribution in [0, 0.1) is 0 Å². The summed E-state index contributed by atoms with van der Waals surface area (Å²) in [5.41, 5.74) is 3.84. The second-order valence-corrected chi connectivity index (χ2v) is 9.19. The zero-order chi connectivity index (χ0) is 18.7. The number of thioether (sulfide) groups is 1. The Labute approximate surface area is 162 Å². The van der Waals surface area contributed by atoms with Crippen molar-refractivity contribution in [3.8, 4) is 0 Å². The van der Waals surface area contributed by atoms with Gasteiger partial charge in [0.15, 0.2) is 0 Å². The Morgan fingerprint density at radius 2 is 1.77 bits per heavy atom. The van der Waals surface area contributed by atoms with Crippen LogP contribution in [-0.4, -0.2) is 23.1 Å². The standard InChI is InChI=1S/C23H29NOS/c1-5-20(17-9-7-6-8-10-17)21(25)24-15-16-26-22(24)18-11-13-19(14-12-18)23(2,3)4/h6-14,20,22H,5,15-16H2,1-4H3/t20-,22+/m0/s1. The fraction of sp³-hybridized carbons (Fsp3) is 0.435. The smallest absolute Gasteiger partial charge is 0.231 e. The predicted octanol–water partition coefficient (Wildman–Crippen LogP) is 5.75. The molecule has 0 spiro atoms. The van der Waals surface area contributed by atoms with Gasteiger partial charge in [-0.15, -0.1) is 11.8 Å². The second-order valence-electron chi connectivity index (χ2n) is 8.00. The molecule has 3 rings (SSSR count). The predicted molar refractivity (Wildman–Crippen MR) is 112 cm³/mol. The molecule has 2 aromatic rings. The van der Waals surface area contributed by atoms with Gasteiger partial charge in [-0.2, -0.15) is 0 Å². The van der Waals surface area contributed by atoms with Crippen molar-refractivity contribution in [2.75, 3.05) is 12.3 Å². The van der Waals surface area contributed by atoms with E-state index in [1.807, 2.05) is 30.0 Å². The molecule has 2 nitrogen and oxygen atoms in total. The fourth-order valence-corrected chi connectivity index (χ4v) is 4.82. The molecular weight excluding hydrogens is 338 g/mol. The highest BCUT2D eigenvalue weighted by Crippen LogP contribution is 2.40. The van der Waals surface area contributed by atoms with Gasteiger partial charge < -0.3 is 4.90 Å². The molecule has 0 bridgehead atoms. The Morgan fingerprint density at radius 3 is 2.35 bits per heavy atom. The lowest BCUT2D eigenvalue weighted by Gasteiger charge is -2.29. The average molecular weight is 368 g/mol. The van der Waals surface area contributed by atoms with Gasteiger partial charge in [0.2, 0.25) is 5.91 Å². The van der Waals surface area contributed by atoms with Crippen LogP contribution in [0.1, 0.15) is 62.1 Å². The first-order chi connectivity index (χ1) is 12.4. The molecule has 2 aromatic carbocycles. The number of nitrogens with zero attached hydrogens (tertiary/aromatic N) is 1. The average Bonchev–Trinajstić information content (AvgIpc) is 3.12. The molecule has 1 amide bonds. The van der Waals surface area contributed by atoms with E-state index in [0.717, 1.165) is 24.3 Å². The summed E-state index contributed by atoms with van der Waals surface area (Å²) in [6, 6.07) is 19.0. The summed E-state index contributed by atoms with van der Waals surface area (Å²) in [5, 5.41) is 0.134. The first kappa shape index (κ1) is 19.0. The summed E-state index contributed by atoms with van der Waals surface area (Å²) in [4.78, 5) is 15.4. The fourth-order valence-electron chi connectivity index (χ4n) is 3.56. The number of carbonyl (C=O) groups is 1. The Kier molecular flexibility index (Phi) is 5.76. The van der Waals surface area contributed by atoms with E-state index in [1.165, 1.54) is 11.1 Å². The van der Waals surface area contributed by atoms with Gasteiger partial charge in [-0.05, 0) is 28.5 Å². The molecule has 3 heteroatoms. The summed E-state index contributed by atoms with van der Waals surface area (Å²) in [7, 11) is 0. The van der Waals surface area contributed by atoms with Crippen LogP contribution in [0.3, 0.4) is 0 Å². The van der Waals surface area contributed by atoms with Crippen molar-refractivity contribution >= 4 is 17.7 Å². The minimum atomic E-state index is -0.0498. The van der Waals surface area contributed by atoms with Gasteiger partial charge in [0.1, 0.15) is 5.37 Å². The van der Waals surface area contributed by atoms with Crippen molar-refractivity contribution in [3.05, 3.63) is 71.3 Å². The molecule has 0 unspecified atom stereocenters. The minimum Gasteiger partial charge on any atom is -0.325 e. The topological polar surface area (TPSA) is 20.3 Å². The van der Waals surface area contributed by atoms with Gasteiger partial charge in [0.25, 0.3) is 0 Å². The number of carbonyl (C=O) groups excluding carboxylic acids is 1. The number of hydrogen-bond donors (Lipinski definition) is 0. The SMILES string of the molecule is CC[C@H](C(=O)N1CCS[C@@H]1c1ccc(C(C)(C)C)cc1)c1ccccc1. The molecule has 0 saturated carbocycles. The first-order valence-corrected chi connectivity index (χ1v) is 10.5. The number of amides is 1. The maximum atomic E-state index is 13.3. The molecule has 1 aliphatic rings. The van der Waals surface area contributed by atoms with Crippen LogP contribution in [0.5, 0.6) is 0 Å². The van der Waals surface area contributed by atoms with Crippen molar-refractivity contribution in [2.45, 2.75) is 50.8 Å². The summed E-state index contributed by atoms with van der Waals surface area (Å²) in [6.07, 6.45) is 0.833. The zero-order valence-corrected chi connectivity index (χ0v) is 17.1. The van der Waals surface area contributed by atoms with E-state index in [4.69, 9.17) is 0 Å². The lowest BCUT2D eigenvalue weighted by Crippen LogP contribution is -2.34. The second kappa shape index (κ2) is 7.87. The van der Waals surface area contributed by atoms with Crippen LogP contribution >= 0.6 is 11.8 Å². The molecule has 2 atom stereocenters. The highest BCUT2D eigenvalue weighted by molar-refractivity contribution is 7.99. The van der Waals surface area contributed by atoms with Crippen molar-refractivity contribution in [2.24, 2.45) is 0 Å². The molecule has 1 saturated heterocycles. The summed E-state index contributed by atoms with van der Waals surface area (Å²) >= 11 is 1.87. The van der Waals surface area contributed by atoms with Crippen molar-refractivity contribution < 1.29 is 4.79 Å². The van der Waals surface area contributed by atoms with Crippen LogP contribution in [0.2, 0.25) is 0 Å². The molecule has 138 valence electrons. The van der Waals surface area contributed by atoms with E-state index >= 15 is 0 Å². The quantitative estimate of drug-likeness (QED) is 0.685. The van der Waals surface area contributed by atoms with Gasteiger partial charge in [-0.3, -0.25) is 4.79 Å². The largest absolute Gasteiger partial charge is 0.325 e. The van der Waals surface area contributed by atoms with Crippen LogP contribution in [0.15, 0.2) is 54.6 Å². The van der Waals surface area contributed by atoms with Crippen LogP contribution in [0.4, 0.5) is 0 Å². The molecule has 0 N–H and O–H groups in total. The third-order valence-electron chi connectivity index (χ3n) is 5.14. The van der Waals surface area contributed by atoms with E-state index in [2.05, 4.69) is 69.0 Å². The highest BCUT2D eigenvalue weighted by atomic mass is 32.2. The number of rotatable bonds is 4. The summed E-state index contributed by atoms with van der Waals surface area (Å²) in [6.45, 7) is 9.63. The van der Waals surface area contributed by atoms with Crippen LogP contribution in [0.25, 0.3) is 0 Å². The van der Waals surface area contributed by atoms with Crippen molar-refractivity contribution in [3.63, 3.8) is 0 Å². The third kappa shape index (κ3) is 3.98. The van der Waals surface area contributed by atoms with Gasteiger partial charge in [0.05, 0.1) is 5.92 Å². The molecule has 26 heavy (non-hydrogen) atoms. The molecule has 0 aliphatic carbocycles. The Morgan fingerprint density at radius 1 is 1.12 bits per heavy atom. The van der Waals surface area contributed by atoms with Gasteiger partial charge in [-0.25, -0.2) is 0 Å². The Balaban J connectivity index is 1.82. The maximum absolute atomic E-state index is 13.3. The molecule has 1 fully saturated rings. The Hall–Kier alpha value is -1.74. The summed E-state index contributed by atoms with van der Waals surface area (Å²) in [5.74, 6) is 1.21. The van der Waals surface area contributed by atoms with Crippen molar-refractivity contribution in [1.82, 2.24) is 4.90 Å². The van der Waals surface area contributed by atoms with E-state index in [0.29, 0.717) is 0 Å². The molecular formula is C23H29NOS. The van der Waals surface area contributed by atoms with E-state index in [9.17, 15) is 4.79 Å². The molecule has 1 aliphatic heterocycles. The van der Waals surface area contributed by atoms with Gasteiger partial charge in [0, 0.05) is 12.3 Å². The van der Waals surface area contributed by atoms with E-state index in [1.54, 1.807) is 0 Å². The van der Waals surface area contributed by atoms with Crippen molar-refractivity contribution in [1.29, 1.82) is 0 Å². The maximum Gasteiger partial charge on any atom is 0.231 e. The first-order valence-electron chi connectivity index (χ1n) is 9.49. The van der Waals surface area contributed by atoms with Gasteiger partial charge in [-0.1, -0.05) is 82.3 Å². The van der Waals surface area contributed by atoms with E-state index < -0.39 is 0 Å². The van der Waals surface area contributed by atoms with Crippen LogP contribution < -0.4 is 0 Å². The highest BCUT2D eigenvalue weighted by Gasteiger charge is 2.34. The Bertz CT molecular complexity index is 733. The number of hydrogen-bond acceptors (Lipinski definition) is 2. The minimum absolute atomic E-state index is 0.0498. The molecule has 0 radical (unpaired) electrons. The van der Waals surface area contributed by atoms with Crippen LogP contribution in [-0.2, 0) is 10.2 Å². The normalized spacial score (nSPS) is 18.8. The molecule has 0 aromatic heterocycles.